The Morgan fingerprint density at radius 3 is 2.74 bits per heavy atom. The van der Waals surface area contributed by atoms with Crippen molar-refractivity contribution < 1.29 is 9.90 Å². The third kappa shape index (κ3) is 4.44. The molecule has 1 amide bonds. The molecule has 3 aromatic rings. The molecule has 2 aromatic carbocycles. The van der Waals surface area contributed by atoms with Gasteiger partial charge in [0.25, 0.3) is 5.91 Å². The van der Waals surface area contributed by atoms with Gasteiger partial charge in [-0.2, -0.15) is 0 Å². The highest BCUT2D eigenvalue weighted by Gasteiger charge is 2.11. The summed E-state index contributed by atoms with van der Waals surface area (Å²) in [5.41, 5.74) is 4.11. The van der Waals surface area contributed by atoms with Crippen LogP contribution >= 0.6 is 0 Å². The number of hydrogen-bond donors (Lipinski definition) is 2. The van der Waals surface area contributed by atoms with Crippen LogP contribution in [0.25, 0.3) is 22.0 Å². The van der Waals surface area contributed by atoms with Gasteiger partial charge in [0.15, 0.2) is 0 Å². The zero-order chi connectivity index (χ0) is 19.4. The van der Waals surface area contributed by atoms with E-state index < -0.39 is 0 Å². The summed E-state index contributed by atoms with van der Waals surface area (Å²) in [6.07, 6.45) is 2.58. The van der Waals surface area contributed by atoms with Gasteiger partial charge in [0.2, 0.25) is 0 Å². The predicted octanol–water partition coefficient (Wildman–Crippen LogP) is 3.60. The molecule has 5 heteroatoms. The minimum Gasteiger partial charge on any atom is -0.506 e. The van der Waals surface area contributed by atoms with Gasteiger partial charge in [0.1, 0.15) is 11.3 Å². The maximum Gasteiger partial charge on any atom is 0.251 e. The molecule has 0 fully saturated rings. The summed E-state index contributed by atoms with van der Waals surface area (Å²) in [4.78, 5) is 18.7. The molecule has 0 aliphatic rings. The molecule has 2 N–H and O–H groups in total. The normalized spacial score (nSPS) is 11.1. The van der Waals surface area contributed by atoms with Gasteiger partial charge in [0.05, 0.1) is 0 Å². The lowest BCUT2D eigenvalue weighted by atomic mass is 9.96. The Bertz CT molecular complexity index is 967. The Hall–Kier alpha value is -2.92. The second kappa shape index (κ2) is 8.18. The summed E-state index contributed by atoms with van der Waals surface area (Å²) in [5.74, 6) is 0.0965. The first kappa shape index (κ1) is 18.9. The van der Waals surface area contributed by atoms with Gasteiger partial charge in [-0.3, -0.25) is 9.78 Å². The minimum absolute atomic E-state index is 0.0611. The smallest absolute Gasteiger partial charge is 0.251 e. The number of aromatic nitrogens is 1. The van der Waals surface area contributed by atoms with Gasteiger partial charge in [-0.25, -0.2) is 0 Å². The summed E-state index contributed by atoms with van der Waals surface area (Å²) in [6.45, 7) is 3.57. The van der Waals surface area contributed by atoms with E-state index in [0.29, 0.717) is 17.6 Å². The maximum absolute atomic E-state index is 12.3. The molecular formula is C22H25N3O2. The quantitative estimate of drug-likeness (QED) is 0.657. The Morgan fingerprint density at radius 1 is 1.19 bits per heavy atom. The van der Waals surface area contributed by atoms with Crippen LogP contribution in [0.1, 0.15) is 22.3 Å². The number of carbonyl (C=O) groups is 1. The van der Waals surface area contributed by atoms with E-state index in [4.69, 9.17) is 0 Å². The maximum atomic E-state index is 12.3. The number of aromatic hydroxyl groups is 1. The van der Waals surface area contributed by atoms with Gasteiger partial charge < -0.3 is 15.3 Å². The highest BCUT2D eigenvalue weighted by molar-refractivity contribution is 5.95. The van der Waals surface area contributed by atoms with Crippen LogP contribution in [-0.4, -0.2) is 48.1 Å². The van der Waals surface area contributed by atoms with Crippen molar-refractivity contribution in [3.05, 3.63) is 59.8 Å². The molecule has 0 radical (unpaired) electrons. The molecule has 1 heterocycles. The number of hydrogen-bond acceptors (Lipinski definition) is 4. The van der Waals surface area contributed by atoms with Gasteiger partial charge in [-0.05, 0) is 81.0 Å². The molecule has 0 aliphatic carbocycles. The third-order valence-corrected chi connectivity index (χ3v) is 4.55. The minimum atomic E-state index is -0.0611. The lowest BCUT2D eigenvalue weighted by molar-refractivity contribution is 0.0952. The molecule has 0 aliphatic heterocycles. The SMILES string of the molecule is Cc1cc(C(=O)NCCCN(C)C)ccc1-c1cc(O)c2ncccc2c1. The lowest BCUT2D eigenvalue weighted by Gasteiger charge is -2.12. The number of rotatable bonds is 6. The van der Waals surface area contributed by atoms with Gasteiger partial charge in [-0.15, -0.1) is 0 Å². The molecule has 3 rings (SSSR count). The molecule has 0 saturated heterocycles. The van der Waals surface area contributed by atoms with Gasteiger partial charge in [-0.1, -0.05) is 12.1 Å². The molecule has 0 bridgehead atoms. The van der Waals surface area contributed by atoms with Crippen molar-refractivity contribution in [1.82, 2.24) is 15.2 Å². The van der Waals surface area contributed by atoms with Crippen LogP contribution in [-0.2, 0) is 0 Å². The van der Waals surface area contributed by atoms with Crippen molar-refractivity contribution in [2.75, 3.05) is 27.2 Å². The van der Waals surface area contributed by atoms with Crippen molar-refractivity contribution in [2.45, 2.75) is 13.3 Å². The summed E-state index contributed by atoms with van der Waals surface area (Å²) in [5, 5.41) is 14.1. The molecule has 0 saturated carbocycles. The Morgan fingerprint density at radius 2 is 2.00 bits per heavy atom. The fourth-order valence-electron chi connectivity index (χ4n) is 3.16. The number of benzene rings is 2. The number of nitrogens with zero attached hydrogens (tertiary/aromatic N) is 2. The number of phenols is 1. The van der Waals surface area contributed by atoms with E-state index in [1.165, 1.54) is 0 Å². The summed E-state index contributed by atoms with van der Waals surface area (Å²) >= 11 is 0. The van der Waals surface area contributed by atoms with Crippen LogP contribution in [0.15, 0.2) is 48.7 Å². The number of pyridine rings is 1. The monoisotopic (exact) mass is 363 g/mol. The van der Waals surface area contributed by atoms with Crippen LogP contribution in [0.4, 0.5) is 0 Å². The summed E-state index contributed by atoms with van der Waals surface area (Å²) < 4.78 is 0. The molecule has 1 aromatic heterocycles. The topological polar surface area (TPSA) is 65.5 Å². The van der Waals surface area contributed by atoms with Crippen molar-refractivity contribution in [1.29, 1.82) is 0 Å². The van der Waals surface area contributed by atoms with Crippen molar-refractivity contribution >= 4 is 16.8 Å². The van der Waals surface area contributed by atoms with E-state index in [1.54, 1.807) is 12.3 Å². The number of phenolic OH excluding ortho intramolecular Hbond substituents is 1. The molecule has 0 unspecified atom stereocenters. The highest BCUT2D eigenvalue weighted by atomic mass is 16.3. The first-order chi connectivity index (χ1) is 13.0. The van der Waals surface area contributed by atoms with E-state index in [1.807, 2.05) is 57.4 Å². The molecule has 140 valence electrons. The third-order valence-electron chi connectivity index (χ3n) is 4.55. The molecule has 27 heavy (non-hydrogen) atoms. The fraction of sp³-hybridized carbons (Fsp3) is 0.273. The van der Waals surface area contributed by atoms with Crippen LogP contribution in [0.2, 0.25) is 0 Å². The second-order valence-electron chi connectivity index (χ2n) is 7.01. The molecule has 0 atom stereocenters. The second-order valence-corrected chi connectivity index (χ2v) is 7.01. The van der Waals surface area contributed by atoms with Crippen LogP contribution in [0, 0.1) is 6.92 Å². The lowest BCUT2D eigenvalue weighted by Crippen LogP contribution is -2.27. The Kier molecular flexibility index (Phi) is 5.72. The van der Waals surface area contributed by atoms with Gasteiger partial charge >= 0.3 is 0 Å². The van der Waals surface area contributed by atoms with Crippen LogP contribution in [0.5, 0.6) is 5.75 Å². The van der Waals surface area contributed by atoms with E-state index >= 15 is 0 Å². The molecule has 0 spiro atoms. The average Bonchev–Trinajstić information content (AvgIpc) is 2.64. The number of amides is 1. The van der Waals surface area contributed by atoms with Crippen molar-refractivity contribution in [3.8, 4) is 16.9 Å². The highest BCUT2D eigenvalue weighted by Crippen LogP contribution is 2.32. The summed E-state index contributed by atoms with van der Waals surface area (Å²) in [6, 6.07) is 13.2. The first-order valence-corrected chi connectivity index (χ1v) is 9.07. The van der Waals surface area contributed by atoms with E-state index in [0.717, 1.165) is 35.0 Å². The van der Waals surface area contributed by atoms with Crippen molar-refractivity contribution in [3.63, 3.8) is 0 Å². The van der Waals surface area contributed by atoms with Crippen LogP contribution in [0.3, 0.4) is 0 Å². The number of carbonyl (C=O) groups excluding carboxylic acids is 1. The van der Waals surface area contributed by atoms with Gasteiger partial charge in [0, 0.05) is 23.7 Å². The first-order valence-electron chi connectivity index (χ1n) is 9.07. The number of fused-ring (bicyclic) bond motifs is 1. The zero-order valence-corrected chi connectivity index (χ0v) is 16.0. The fourth-order valence-corrected chi connectivity index (χ4v) is 3.16. The zero-order valence-electron chi connectivity index (χ0n) is 16.0. The van der Waals surface area contributed by atoms with E-state index in [-0.39, 0.29) is 11.7 Å². The molecule has 5 nitrogen and oxygen atoms in total. The summed E-state index contributed by atoms with van der Waals surface area (Å²) in [7, 11) is 4.04. The average molecular weight is 363 g/mol. The Labute approximate surface area is 159 Å². The van der Waals surface area contributed by atoms with E-state index in [9.17, 15) is 9.90 Å². The molecular weight excluding hydrogens is 338 g/mol. The standard InChI is InChI=1S/C22H25N3O2/c1-15-12-17(22(27)24-10-5-11-25(2)3)7-8-19(15)18-13-16-6-4-9-23-21(16)20(26)14-18/h4,6-9,12-14,26H,5,10-11H2,1-3H3,(H,24,27). The Balaban J connectivity index is 1.80. The van der Waals surface area contributed by atoms with Crippen LogP contribution < -0.4 is 5.32 Å². The number of aryl methyl sites for hydroxylation is 1. The van der Waals surface area contributed by atoms with E-state index in [2.05, 4.69) is 15.2 Å². The largest absolute Gasteiger partial charge is 0.506 e. The van der Waals surface area contributed by atoms with Crippen molar-refractivity contribution in [2.24, 2.45) is 0 Å². The number of nitrogens with one attached hydrogen (secondary N) is 1. The predicted molar refractivity (Wildman–Crippen MR) is 109 cm³/mol.